The number of aryl methyl sites for hydroxylation is 1. The van der Waals surface area contributed by atoms with Crippen LogP contribution >= 0.6 is 0 Å². The largest absolute Gasteiger partial charge is 0.493 e. The summed E-state index contributed by atoms with van der Waals surface area (Å²) in [6.45, 7) is 7.59. The highest BCUT2D eigenvalue weighted by Gasteiger charge is 2.35. The molecule has 1 N–H and O–H groups in total. The fraction of sp³-hybridized carbons (Fsp3) is 0.400. The predicted octanol–water partition coefficient (Wildman–Crippen LogP) is 5.00. The van der Waals surface area contributed by atoms with E-state index >= 15 is 0 Å². The van der Waals surface area contributed by atoms with E-state index in [-0.39, 0.29) is 11.5 Å². The Balaban J connectivity index is 1.61. The lowest BCUT2D eigenvalue weighted by molar-refractivity contribution is 0.252. The number of nitrogens with zero attached hydrogens (tertiary/aromatic N) is 2. The van der Waals surface area contributed by atoms with Crippen LogP contribution in [-0.2, 0) is 13.0 Å². The topological polar surface area (TPSA) is 48.3 Å². The Morgan fingerprint density at radius 2 is 1.87 bits per heavy atom. The van der Waals surface area contributed by atoms with Crippen LogP contribution in [-0.4, -0.2) is 24.0 Å². The molecule has 0 radical (unpaired) electrons. The van der Waals surface area contributed by atoms with E-state index < -0.39 is 0 Å². The molecular formula is C25H31N3O2. The van der Waals surface area contributed by atoms with Gasteiger partial charge in [-0.1, -0.05) is 38.1 Å². The first-order valence-corrected chi connectivity index (χ1v) is 10.5. The van der Waals surface area contributed by atoms with Crippen LogP contribution in [0.1, 0.15) is 48.7 Å². The highest BCUT2D eigenvalue weighted by molar-refractivity contribution is 5.44. The molecule has 0 amide bonds. The second-order valence-corrected chi connectivity index (χ2v) is 8.91. The van der Waals surface area contributed by atoms with E-state index in [1.807, 2.05) is 18.3 Å². The van der Waals surface area contributed by atoms with E-state index in [0.717, 1.165) is 36.6 Å². The third kappa shape index (κ3) is 3.94. The zero-order valence-corrected chi connectivity index (χ0v) is 18.5. The van der Waals surface area contributed by atoms with Gasteiger partial charge < -0.3 is 14.8 Å². The SMILES string of the molecule is COc1ccc(CN[C@H]2CC(C)(C)Cc3c2cnn3-c2ccccc2C)cc1OC. The molecule has 0 saturated carbocycles. The number of aromatic nitrogens is 2. The second-order valence-electron chi connectivity index (χ2n) is 8.91. The lowest BCUT2D eigenvalue weighted by Crippen LogP contribution is -2.33. The quantitative estimate of drug-likeness (QED) is 0.627. The number of para-hydroxylation sites is 1. The van der Waals surface area contributed by atoms with Gasteiger partial charge in [-0.25, -0.2) is 4.68 Å². The number of fused-ring (bicyclic) bond motifs is 1. The van der Waals surface area contributed by atoms with Crippen molar-refractivity contribution in [3.63, 3.8) is 0 Å². The van der Waals surface area contributed by atoms with Gasteiger partial charge in [0.15, 0.2) is 11.5 Å². The van der Waals surface area contributed by atoms with Gasteiger partial charge >= 0.3 is 0 Å². The molecule has 0 spiro atoms. The maximum Gasteiger partial charge on any atom is 0.161 e. The van der Waals surface area contributed by atoms with Crippen molar-refractivity contribution in [2.75, 3.05) is 14.2 Å². The van der Waals surface area contributed by atoms with Gasteiger partial charge in [0, 0.05) is 23.8 Å². The molecule has 1 atom stereocenters. The molecule has 2 aromatic carbocycles. The van der Waals surface area contributed by atoms with Gasteiger partial charge in [-0.15, -0.1) is 0 Å². The minimum Gasteiger partial charge on any atom is -0.493 e. The predicted molar refractivity (Wildman–Crippen MR) is 120 cm³/mol. The Hall–Kier alpha value is -2.79. The molecule has 158 valence electrons. The van der Waals surface area contributed by atoms with Crippen LogP contribution in [0.25, 0.3) is 5.69 Å². The minimum absolute atomic E-state index is 0.197. The van der Waals surface area contributed by atoms with E-state index in [1.165, 1.54) is 22.4 Å². The van der Waals surface area contributed by atoms with E-state index in [4.69, 9.17) is 14.6 Å². The fourth-order valence-electron chi connectivity index (χ4n) is 4.46. The first-order valence-electron chi connectivity index (χ1n) is 10.5. The van der Waals surface area contributed by atoms with Crippen molar-refractivity contribution in [1.29, 1.82) is 0 Å². The summed E-state index contributed by atoms with van der Waals surface area (Å²) in [5.41, 5.74) is 6.38. The van der Waals surface area contributed by atoms with Gasteiger partial charge in [0.1, 0.15) is 0 Å². The molecule has 0 aliphatic heterocycles. The Bertz CT molecular complexity index is 1040. The van der Waals surface area contributed by atoms with Crippen molar-refractivity contribution in [2.45, 2.75) is 46.2 Å². The monoisotopic (exact) mass is 405 g/mol. The third-order valence-electron chi connectivity index (χ3n) is 6.02. The molecule has 1 aliphatic carbocycles. The number of benzene rings is 2. The number of ether oxygens (including phenoxy) is 2. The standard InChI is InChI=1S/C25H31N3O2/c1-17-8-6-7-9-21(17)28-22-14-25(2,3)13-20(19(22)16-27-28)26-15-18-10-11-23(29-4)24(12-18)30-5/h6-12,16,20,26H,13-15H2,1-5H3/t20-/m0/s1. The second kappa shape index (κ2) is 8.15. The Morgan fingerprint density at radius 1 is 1.10 bits per heavy atom. The smallest absolute Gasteiger partial charge is 0.161 e. The average Bonchev–Trinajstić information content (AvgIpc) is 3.14. The maximum atomic E-state index is 5.46. The normalized spacial score (nSPS) is 17.4. The summed E-state index contributed by atoms with van der Waals surface area (Å²) < 4.78 is 12.9. The molecule has 3 aromatic rings. The van der Waals surface area contributed by atoms with Crippen LogP contribution < -0.4 is 14.8 Å². The van der Waals surface area contributed by atoms with Crippen molar-refractivity contribution in [3.8, 4) is 17.2 Å². The Kier molecular flexibility index (Phi) is 5.56. The van der Waals surface area contributed by atoms with Gasteiger partial charge in [0.25, 0.3) is 0 Å². The summed E-state index contributed by atoms with van der Waals surface area (Å²) in [5.74, 6) is 1.51. The Labute approximate surface area is 179 Å². The molecular weight excluding hydrogens is 374 g/mol. The van der Waals surface area contributed by atoms with Gasteiger partial charge in [-0.3, -0.25) is 0 Å². The number of methoxy groups -OCH3 is 2. The molecule has 1 aliphatic rings. The van der Waals surface area contributed by atoms with E-state index in [0.29, 0.717) is 0 Å². The highest BCUT2D eigenvalue weighted by Crippen LogP contribution is 2.41. The fourth-order valence-corrected chi connectivity index (χ4v) is 4.46. The lowest BCUT2D eigenvalue weighted by atomic mass is 9.74. The van der Waals surface area contributed by atoms with Crippen molar-refractivity contribution in [1.82, 2.24) is 15.1 Å². The molecule has 4 rings (SSSR count). The summed E-state index contributed by atoms with van der Waals surface area (Å²) in [6, 6.07) is 14.8. The molecule has 30 heavy (non-hydrogen) atoms. The van der Waals surface area contributed by atoms with E-state index in [2.05, 4.69) is 61.1 Å². The molecule has 0 saturated heterocycles. The van der Waals surface area contributed by atoms with Gasteiger partial charge in [0.2, 0.25) is 0 Å². The van der Waals surface area contributed by atoms with Crippen LogP contribution in [0.3, 0.4) is 0 Å². The van der Waals surface area contributed by atoms with Crippen LogP contribution in [0.5, 0.6) is 11.5 Å². The number of rotatable bonds is 6. The number of hydrogen-bond acceptors (Lipinski definition) is 4. The lowest BCUT2D eigenvalue weighted by Gasteiger charge is -2.36. The summed E-state index contributed by atoms with van der Waals surface area (Å²) in [6.07, 6.45) is 4.14. The molecule has 5 nitrogen and oxygen atoms in total. The van der Waals surface area contributed by atoms with Crippen molar-refractivity contribution >= 4 is 0 Å². The number of nitrogens with one attached hydrogen (secondary N) is 1. The number of hydrogen-bond donors (Lipinski definition) is 1. The molecule has 0 fully saturated rings. The molecule has 0 unspecified atom stereocenters. The molecule has 0 bridgehead atoms. The summed E-state index contributed by atoms with van der Waals surface area (Å²) in [4.78, 5) is 0. The van der Waals surface area contributed by atoms with Crippen molar-refractivity contribution < 1.29 is 9.47 Å². The highest BCUT2D eigenvalue weighted by atomic mass is 16.5. The average molecular weight is 406 g/mol. The zero-order valence-electron chi connectivity index (χ0n) is 18.5. The van der Waals surface area contributed by atoms with Crippen LogP contribution in [0.15, 0.2) is 48.7 Å². The maximum absolute atomic E-state index is 5.46. The third-order valence-corrected chi connectivity index (χ3v) is 6.02. The molecule has 1 aromatic heterocycles. The summed E-state index contributed by atoms with van der Waals surface area (Å²) >= 11 is 0. The first-order chi connectivity index (χ1) is 14.4. The van der Waals surface area contributed by atoms with Crippen LogP contribution in [0, 0.1) is 12.3 Å². The zero-order chi connectivity index (χ0) is 21.3. The van der Waals surface area contributed by atoms with Gasteiger partial charge in [0.05, 0.1) is 26.1 Å². The molecule has 5 heteroatoms. The van der Waals surface area contributed by atoms with E-state index in [9.17, 15) is 0 Å². The minimum atomic E-state index is 0.197. The Morgan fingerprint density at radius 3 is 2.60 bits per heavy atom. The van der Waals surface area contributed by atoms with Gasteiger partial charge in [-0.05, 0) is 54.5 Å². The van der Waals surface area contributed by atoms with Gasteiger partial charge in [-0.2, -0.15) is 5.10 Å². The summed E-state index contributed by atoms with van der Waals surface area (Å²) in [5, 5.41) is 8.56. The first kappa shape index (κ1) is 20.5. The van der Waals surface area contributed by atoms with Crippen LogP contribution in [0.2, 0.25) is 0 Å². The summed E-state index contributed by atoms with van der Waals surface area (Å²) in [7, 11) is 3.33. The molecule has 1 heterocycles. The van der Waals surface area contributed by atoms with Crippen molar-refractivity contribution in [2.24, 2.45) is 5.41 Å². The van der Waals surface area contributed by atoms with Crippen molar-refractivity contribution in [3.05, 3.63) is 71.0 Å². The van der Waals surface area contributed by atoms with E-state index in [1.54, 1.807) is 14.2 Å². The van der Waals surface area contributed by atoms with Crippen LogP contribution in [0.4, 0.5) is 0 Å².